The van der Waals surface area contributed by atoms with E-state index in [2.05, 4.69) is 42.3 Å². The standard InChI is InChI=1S/C15H18N2O2S/c1-5-19-14(18)13-16-12(17-20-13)10-6-8-11(9-7-10)15(2,3)4/h6-9H,5H2,1-4H3. The molecule has 0 saturated carbocycles. The summed E-state index contributed by atoms with van der Waals surface area (Å²) >= 11 is 1.07. The molecule has 0 radical (unpaired) electrons. The third kappa shape index (κ3) is 3.22. The second kappa shape index (κ2) is 5.71. The normalized spacial score (nSPS) is 11.4. The molecular formula is C15H18N2O2S. The van der Waals surface area contributed by atoms with E-state index in [9.17, 15) is 4.79 Å². The van der Waals surface area contributed by atoms with Crippen LogP contribution < -0.4 is 0 Å². The highest BCUT2D eigenvalue weighted by Gasteiger charge is 2.16. The molecule has 4 nitrogen and oxygen atoms in total. The molecule has 0 saturated heterocycles. The molecule has 1 aromatic heterocycles. The Kier molecular flexibility index (Phi) is 4.18. The molecule has 0 amide bonds. The molecule has 20 heavy (non-hydrogen) atoms. The van der Waals surface area contributed by atoms with E-state index in [1.54, 1.807) is 6.92 Å². The summed E-state index contributed by atoms with van der Waals surface area (Å²) in [7, 11) is 0. The molecule has 0 aliphatic heterocycles. The zero-order chi connectivity index (χ0) is 14.8. The summed E-state index contributed by atoms with van der Waals surface area (Å²) in [5.74, 6) is 0.154. The average molecular weight is 290 g/mol. The van der Waals surface area contributed by atoms with Crippen molar-refractivity contribution in [2.24, 2.45) is 0 Å². The predicted molar refractivity (Wildman–Crippen MR) is 80.0 cm³/mol. The van der Waals surface area contributed by atoms with Gasteiger partial charge < -0.3 is 4.74 Å². The van der Waals surface area contributed by atoms with E-state index in [0.717, 1.165) is 17.1 Å². The fourth-order valence-corrected chi connectivity index (χ4v) is 2.32. The number of esters is 1. The molecule has 2 aromatic rings. The summed E-state index contributed by atoms with van der Waals surface area (Å²) in [5.41, 5.74) is 2.27. The fraction of sp³-hybridized carbons (Fsp3) is 0.400. The van der Waals surface area contributed by atoms with E-state index in [0.29, 0.717) is 17.4 Å². The Bertz CT molecular complexity index is 597. The maximum absolute atomic E-state index is 11.6. The zero-order valence-electron chi connectivity index (χ0n) is 12.1. The van der Waals surface area contributed by atoms with Crippen molar-refractivity contribution in [3.8, 4) is 11.4 Å². The second-order valence-corrected chi connectivity index (χ2v) is 6.22. The lowest BCUT2D eigenvalue weighted by atomic mass is 9.87. The number of carbonyl (C=O) groups is 1. The van der Waals surface area contributed by atoms with E-state index in [1.165, 1.54) is 5.56 Å². The minimum atomic E-state index is -0.414. The SMILES string of the molecule is CCOC(=O)c1nc(-c2ccc(C(C)(C)C)cc2)ns1. The summed E-state index contributed by atoms with van der Waals surface area (Å²) in [6, 6.07) is 8.11. The Morgan fingerprint density at radius 2 is 1.90 bits per heavy atom. The minimum Gasteiger partial charge on any atom is -0.461 e. The maximum atomic E-state index is 11.6. The van der Waals surface area contributed by atoms with Gasteiger partial charge in [-0.15, -0.1) is 0 Å². The first kappa shape index (κ1) is 14.7. The number of hydrogen-bond donors (Lipinski definition) is 0. The fourth-order valence-electron chi connectivity index (χ4n) is 1.74. The molecule has 0 atom stereocenters. The summed E-state index contributed by atoms with van der Waals surface area (Å²) in [4.78, 5) is 15.8. The number of carbonyl (C=O) groups excluding carboxylic acids is 1. The Hall–Kier alpha value is -1.75. The van der Waals surface area contributed by atoms with E-state index in [1.807, 2.05) is 12.1 Å². The van der Waals surface area contributed by atoms with Crippen LogP contribution in [0, 0.1) is 0 Å². The number of nitrogens with zero attached hydrogens (tertiary/aromatic N) is 2. The van der Waals surface area contributed by atoms with Crippen LogP contribution in [0.25, 0.3) is 11.4 Å². The van der Waals surface area contributed by atoms with E-state index in [4.69, 9.17) is 4.74 Å². The van der Waals surface area contributed by atoms with Gasteiger partial charge in [0.1, 0.15) is 0 Å². The van der Waals surface area contributed by atoms with Crippen molar-refractivity contribution in [1.82, 2.24) is 9.36 Å². The van der Waals surface area contributed by atoms with Crippen molar-refractivity contribution in [3.63, 3.8) is 0 Å². The van der Waals surface area contributed by atoms with Crippen LogP contribution in [0.15, 0.2) is 24.3 Å². The monoisotopic (exact) mass is 290 g/mol. The number of rotatable bonds is 3. The highest BCUT2D eigenvalue weighted by atomic mass is 32.1. The molecule has 106 valence electrons. The van der Waals surface area contributed by atoms with Gasteiger partial charge in [0.05, 0.1) is 6.61 Å². The van der Waals surface area contributed by atoms with E-state index < -0.39 is 5.97 Å². The van der Waals surface area contributed by atoms with Gasteiger partial charge in [0.2, 0.25) is 5.01 Å². The van der Waals surface area contributed by atoms with Gasteiger partial charge in [0.15, 0.2) is 5.82 Å². The van der Waals surface area contributed by atoms with Crippen molar-refractivity contribution in [3.05, 3.63) is 34.8 Å². The molecule has 1 aromatic carbocycles. The van der Waals surface area contributed by atoms with E-state index in [-0.39, 0.29) is 5.41 Å². The van der Waals surface area contributed by atoms with Crippen molar-refractivity contribution < 1.29 is 9.53 Å². The molecule has 0 bridgehead atoms. The third-order valence-corrected chi connectivity index (χ3v) is 3.58. The largest absolute Gasteiger partial charge is 0.461 e. The first-order valence-corrected chi connectivity index (χ1v) is 7.31. The molecule has 0 fully saturated rings. The molecular weight excluding hydrogens is 272 g/mol. The Labute approximate surface area is 123 Å². The summed E-state index contributed by atoms with van der Waals surface area (Å²) in [6.07, 6.45) is 0. The lowest BCUT2D eigenvalue weighted by Crippen LogP contribution is -2.10. The van der Waals surface area contributed by atoms with Gasteiger partial charge in [-0.25, -0.2) is 9.78 Å². The van der Waals surface area contributed by atoms with Crippen LogP contribution in [0.2, 0.25) is 0 Å². The van der Waals surface area contributed by atoms with Crippen LogP contribution in [-0.4, -0.2) is 21.9 Å². The maximum Gasteiger partial charge on any atom is 0.369 e. The van der Waals surface area contributed by atoms with Gasteiger partial charge >= 0.3 is 5.97 Å². The van der Waals surface area contributed by atoms with Crippen LogP contribution in [0.1, 0.15) is 43.1 Å². The zero-order valence-corrected chi connectivity index (χ0v) is 13.0. The minimum absolute atomic E-state index is 0.115. The Morgan fingerprint density at radius 3 is 2.45 bits per heavy atom. The lowest BCUT2D eigenvalue weighted by Gasteiger charge is -2.18. The summed E-state index contributed by atoms with van der Waals surface area (Å²) in [6.45, 7) is 8.62. The molecule has 5 heteroatoms. The summed E-state index contributed by atoms with van der Waals surface area (Å²) in [5, 5.41) is 0.293. The highest BCUT2D eigenvalue weighted by molar-refractivity contribution is 7.07. The topological polar surface area (TPSA) is 52.1 Å². The van der Waals surface area contributed by atoms with Gasteiger partial charge in [-0.3, -0.25) is 0 Å². The third-order valence-electron chi connectivity index (χ3n) is 2.89. The molecule has 0 aliphatic carbocycles. The van der Waals surface area contributed by atoms with Crippen LogP contribution in [0.3, 0.4) is 0 Å². The van der Waals surface area contributed by atoms with Crippen molar-refractivity contribution in [2.75, 3.05) is 6.61 Å². The van der Waals surface area contributed by atoms with E-state index >= 15 is 0 Å². The van der Waals surface area contributed by atoms with Crippen molar-refractivity contribution >= 4 is 17.5 Å². The quantitative estimate of drug-likeness (QED) is 0.809. The molecule has 0 spiro atoms. The number of aromatic nitrogens is 2. The number of benzene rings is 1. The van der Waals surface area contributed by atoms with Gasteiger partial charge in [-0.2, -0.15) is 4.37 Å². The van der Waals surface area contributed by atoms with Crippen LogP contribution >= 0.6 is 11.5 Å². The van der Waals surface area contributed by atoms with Gasteiger partial charge in [-0.05, 0) is 29.4 Å². The molecule has 0 aliphatic rings. The Morgan fingerprint density at radius 1 is 1.25 bits per heavy atom. The summed E-state index contributed by atoms with van der Waals surface area (Å²) < 4.78 is 9.12. The first-order chi connectivity index (χ1) is 9.41. The second-order valence-electron chi connectivity index (χ2n) is 5.47. The van der Waals surface area contributed by atoms with Crippen molar-refractivity contribution in [2.45, 2.75) is 33.1 Å². The van der Waals surface area contributed by atoms with Crippen LogP contribution in [-0.2, 0) is 10.2 Å². The highest BCUT2D eigenvalue weighted by Crippen LogP contribution is 2.25. The predicted octanol–water partition coefficient (Wildman–Crippen LogP) is 3.68. The number of hydrogen-bond acceptors (Lipinski definition) is 5. The molecule has 2 rings (SSSR count). The van der Waals surface area contributed by atoms with Crippen LogP contribution in [0.4, 0.5) is 0 Å². The van der Waals surface area contributed by atoms with Crippen molar-refractivity contribution in [1.29, 1.82) is 0 Å². The first-order valence-electron chi connectivity index (χ1n) is 6.53. The number of ether oxygens (including phenoxy) is 1. The van der Waals surface area contributed by atoms with Gasteiger partial charge in [0, 0.05) is 5.56 Å². The average Bonchev–Trinajstić information content (AvgIpc) is 2.88. The molecule has 0 N–H and O–H groups in total. The van der Waals surface area contributed by atoms with Gasteiger partial charge in [-0.1, -0.05) is 45.0 Å². The molecule has 0 unspecified atom stereocenters. The smallest absolute Gasteiger partial charge is 0.369 e. The van der Waals surface area contributed by atoms with Gasteiger partial charge in [0.25, 0.3) is 0 Å². The lowest BCUT2D eigenvalue weighted by molar-refractivity contribution is 0.0526. The molecule has 1 heterocycles. The van der Waals surface area contributed by atoms with Crippen LogP contribution in [0.5, 0.6) is 0 Å². The Balaban J connectivity index is 2.22.